The third-order valence-electron chi connectivity index (χ3n) is 5.03. The molecule has 2 aliphatic rings. The van der Waals surface area contributed by atoms with Crippen molar-refractivity contribution in [3.63, 3.8) is 0 Å². The van der Waals surface area contributed by atoms with Gasteiger partial charge in [0, 0.05) is 0 Å². The van der Waals surface area contributed by atoms with Gasteiger partial charge in [0.25, 0.3) is 0 Å². The molecule has 0 radical (unpaired) electrons. The lowest BCUT2D eigenvalue weighted by atomic mass is 9.85. The largest absolute Gasteiger partial charge is 0.493 e. The maximum Gasteiger partial charge on any atom is 0.233 e. The summed E-state index contributed by atoms with van der Waals surface area (Å²) in [6.07, 6.45) is 6.61. The summed E-state index contributed by atoms with van der Waals surface area (Å²) < 4.78 is 11.0. The Morgan fingerprint density at radius 2 is 1.89 bits per heavy atom. The van der Waals surface area contributed by atoms with Crippen LogP contribution in [0, 0.1) is 11.8 Å². The standard InChI is InChI=1S/C21H25NO5/c1-3-6-14-9-10-18(19(11-14)26-2)27-13-15(23)12-22-20(24)16-7-4-5-8-17(16)21(22)25/h3-5,9-11,15-17,23H,1,6-8,12-13H2,2H3/t15-,16-,17+/m1/s1. The second kappa shape index (κ2) is 8.39. The summed E-state index contributed by atoms with van der Waals surface area (Å²) in [4.78, 5) is 26.1. The second-order valence-electron chi connectivity index (χ2n) is 6.89. The number of aliphatic hydroxyl groups is 1. The Morgan fingerprint density at radius 3 is 2.48 bits per heavy atom. The molecule has 0 spiro atoms. The summed E-state index contributed by atoms with van der Waals surface area (Å²) in [6, 6.07) is 5.53. The highest BCUT2D eigenvalue weighted by Crippen LogP contribution is 2.35. The van der Waals surface area contributed by atoms with E-state index in [1.165, 1.54) is 4.90 Å². The third kappa shape index (κ3) is 4.06. The van der Waals surface area contributed by atoms with E-state index in [9.17, 15) is 14.7 Å². The van der Waals surface area contributed by atoms with Crippen LogP contribution in [0.5, 0.6) is 11.5 Å². The number of imide groups is 1. The highest BCUT2D eigenvalue weighted by atomic mass is 16.5. The average molecular weight is 371 g/mol. The number of rotatable bonds is 8. The average Bonchev–Trinajstić information content (AvgIpc) is 2.92. The number of fused-ring (bicyclic) bond motifs is 1. The van der Waals surface area contributed by atoms with Gasteiger partial charge in [0.15, 0.2) is 11.5 Å². The van der Waals surface area contributed by atoms with Crippen LogP contribution in [-0.2, 0) is 16.0 Å². The van der Waals surface area contributed by atoms with Gasteiger partial charge in [-0.05, 0) is 37.0 Å². The van der Waals surface area contributed by atoms with Gasteiger partial charge in [-0.25, -0.2) is 0 Å². The Labute approximate surface area is 159 Å². The molecule has 0 saturated carbocycles. The van der Waals surface area contributed by atoms with Crippen LogP contribution in [0.2, 0.25) is 0 Å². The van der Waals surface area contributed by atoms with Gasteiger partial charge >= 0.3 is 0 Å². The first kappa shape index (κ1) is 19.2. The van der Waals surface area contributed by atoms with Crippen LogP contribution < -0.4 is 9.47 Å². The maximum absolute atomic E-state index is 12.5. The molecule has 27 heavy (non-hydrogen) atoms. The molecule has 1 aromatic carbocycles. The number of β-amino-alcohol motifs (C(OH)–C–C–N with tert-alkyl or cyclic N) is 1. The molecule has 1 saturated heterocycles. The van der Waals surface area contributed by atoms with Gasteiger partial charge in [-0.3, -0.25) is 14.5 Å². The zero-order valence-electron chi connectivity index (χ0n) is 15.5. The number of nitrogens with zero attached hydrogens (tertiary/aromatic N) is 1. The third-order valence-corrected chi connectivity index (χ3v) is 5.03. The van der Waals surface area contributed by atoms with E-state index in [2.05, 4.69) is 6.58 Å². The fourth-order valence-corrected chi connectivity index (χ4v) is 3.62. The van der Waals surface area contributed by atoms with E-state index in [-0.39, 0.29) is 36.8 Å². The predicted octanol–water partition coefficient (Wildman–Crippen LogP) is 2.11. The summed E-state index contributed by atoms with van der Waals surface area (Å²) in [5.74, 6) is 0.106. The van der Waals surface area contributed by atoms with Crippen LogP contribution in [0.25, 0.3) is 0 Å². The summed E-state index contributed by atoms with van der Waals surface area (Å²) >= 11 is 0. The lowest BCUT2D eigenvalue weighted by Gasteiger charge is -2.20. The van der Waals surface area contributed by atoms with Crippen molar-refractivity contribution in [1.82, 2.24) is 4.90 Å². The SMILES string of the molecule is C=CCc1ccc(OC[C@H](O)CN2C(=O)[C@H]3CC=CC[C@H]3C2=O)c(OC)c1. The topological polar surface area (TPSA) is 76.1 Å². The maximum atomic E-state index is 12.5. The summed E-state index contributed by atoms with van der Waals surface area (Å²) in [5, 5.41) is 10.3. The lowest BCUT2D eigenvalue weighted by Crippen LogP contribution is -2.40. The molecule has 1 fully saturated rings. The van der Waals surface area contributed by atoms with Gasteiger partial charge in [0.05, 0.1) is 25.5 Å². The molecule has 1 aliphatic heterocycles. The Kier molecular flexibility index (Phi) is 5.96. The fraction of sp³-hybridized carbons (Fsp3) is 0.429. The van der Waals surface area contributed by atoms with E-state index < -0.39 is 6.10 Å². The molecule has 1 aromatic rings. The van der Waals surface area contributed by atoms with E-state index in [1.54, 1.807) is 19.3 Å². The quantitative estimate of drug-likeness (QED) is 0.560. The minimum absolute atomic E-state index is 0.0399. The fourth-order valence-electron chi connectivity index (χ4n) is 3.62. The van der Waals surface area contributed by atoms with Crippen molar-refractivity contribution in [2.24, 2.45) is 11.8 Å². The first-order valence-electron chi connectivity index (χ1n) is 9.14. The summed E-state index contributed by atoms with van der Waals surface area (Å²) in [7, 11) is 1.55. The molecule has 1 aliphatic carbocycles. The second-order valence-corrected chi connectivity index (χ2v) is 6.89. The Balaban J connectivity index is 1.58. The molecule has 0 aromatic heterocycles. The molecule has 6 nitrogen and oxygen atoms in total. The van der Waals surface area contributed by atoms with Crippen molar-refractivity contribution in [2.45, 2.75) is 25.4 Å². The number of amides is 2. The lowest BCUT2D eigenvalue weighted by molar-refractivity contribution is -0.141. The van der Waals surface area contributed by atoms with Crippen molar-refractivity contribution in [2.75, 3.05) is 20.3 Å². The molecular weight excluding hydrogens is 346 g/mol. The van der Waals surface area contributed by atoms with Crippen LogP contribution in [-0.4, -0.2) is 48.2 Å². The van der Waals surface area contributed by atoms with Gasteiger partial charge < -0.3 is 14.6 Å². The number of allylic oxidation sites excluding steroid dienone is 3. The van der Waals surface area contributed by atoms with Crippen molar-refractivity contribution >= 4 is 11.8 Å². The molecule has 3 atom stereocenters. The van der Waals surface area contributed by atoms with Crippen LogP contribution in [0.1, 0.15) is 18.4 Å². The van der Waals surface area contributed by atoms with Crippen LogP contribution in [0.15, 0.2) is 43.0 Å². The van der Waals surface area contributed by atoms with Crippen LogP contribution in [0.3, 0.4) is 0 Å². The number of methoxy groups -OCH3 is 1. The van der Waals surface area contributed by atoms with Gasteiger partial charge in [-0.1, -0.05) is 24.3 Å². The van der Waals surface area contributed by atoms with E-state index in [1.807, 2.05) is 24.3 Å². The summed E-state index contributed by atoms with van der Waals surface area (Å²) in [5.41, 5.74) is 1.04. The Bertz CT molecular complexity index is 731. The van der Waals surface area contributed by atoms with Crippen molar-refractivity contribution in [3.05, 3.63) is 48.6 Å². The van der Waals surface area contributed by atoms with E-state index in [0.29, 0.717) is 24.3 Å². The molecule has 2 amide bonds. The molecule has 3 rings (SSSR count). The predicted molar refractivity (Wildman–Crippen MR) is 100 cm³/mol. The smallest absolute Gasteiger partial charge is 0.233 e. The number of ether oxygens (including phenoxy) is 2. The van der Waals surface area contributed by atoms with E-state index >= 15 is 0 Å². The molecule has 0 unspecified atom stereocenters. The van der Waals surface area contributed by atoms with Gasteiger partial charge in [0.2, 0.25) is 11.8 Å². The number of carbonyl (C=O) groups excluding carboxylic acids is 2. The molecule has 0 bridgehead atoms. The monoisotopic (exact) mass is 371 g/mol. The molecular formula is C21H25NO5. The zero-order valence-corrected chi connectivity index (χ0v) is 15.5. The minimum atomic E-state index is -0.969. The number of carbonyl (C=O) groups is 2. The normalized spacial score (nSPS) is 22.5. The van der Waals surface area contributed by atoms with Gasteiger partial charge in [0.1, 0.15) is 12.7 Å². The minimum Gasteiger partial charge on any atom is -0.493 e. The van der Waals surface area contributed by atoms with Crippen molar-refractivity contribution < 1.29 is 24.2 Å². The number of benzene rings is 1. The van der Waals surface area contributed by atoms with E-state index in [0.717, 1.165) is 12.0 Å². The number of aliphatic hydroxyl groups excluding tert-OH is 1. The first-order valence-corrected chi connectivity index (χ1v) is 9.14. The first-order chi connectivity index (χ1) is 13.0. The molecule has 6 heteroatoms. The van der Waals surface area contributed by atoms with Crippen LogP contribution in [0.4, 0.5) is 0 Å². The van der Waals surface area contributed by atoms with Crippen molar-refractivity contribution in [1.29, 1.82) is 0 Å². The Hall–Kier alpha value is -2.60. The Morgan fingerprint density at radius 1 is 1.22 bits per heavy atom. The highest BCUT2D eigenvalue weighted by molar-refractivity contribution is 6.05. The molecule has 144 valence electrons. The number of hydrogen-bond acceptors (Lipinski definition) is 5. The van der Waals surface area contributed by atoms with Gasteiger partial charge in [-0.2, -0.15) is 0 Å². The zero-order chi connectivity index (χ0) is 19.4. The van der Waals surface area contributed by atoms with Gasteiger partial charge in [-0.15, -0.1) is 6.58 Å². The molecule has 1 heterocycles. The summed E-state index contributed by atoms with van der Waals surface area (Å²) in [6.45, 7) is 3.62. The highest BCUT2D eigenvalue weighted by Gasteiger charge is 2.47. The van der Waals surface area contributed by atoms with E-state index in [4.69, 9.17) is 9.47 Å². The molecule has 1 N–H and O–H groups in total. The van der Waals surface area contributed by atoms with Crippen molar-refractivity contribution in [3.8, 4) is 11.5 Å². The number of hydrogen-bond donors (Lipinski definition) is 1. The van der Waals surface area contributed by atoms with Crippen LogP contribution >= 0.6 is 0 Å². The number of likely N-dealkylation sites (tertiary alicyclic amines) is 1.